The van der Waals surface area contributed by atoms with Crippen LogP contribution in [0.15, 0.2) is 90.4 Å². The van der Waals surface area contributed by atoms with E-state index in [-0.39, 0.29) is 50.4 Å². The number of benzene rings is 3. The number of aliphatic carboxylic acids is 1. The van der Waals surface area contributed by atoms with E-state index in [0.29, 0.717) is 11.3 Å². The molecule has 2 aromatic heterocycles. The number of para-hydroxylation sites is 1. The summed E-state index contributed by atoms with van der Waals surface area (Å²) in [4.78, 5) is 81.3. The van der Waals surface area contributed by atoms with Crippen LogP contribution in [0.2, 0.25) is 0 Å². The Morgan fingerprint density at radius 1 is 0.772 bits per heavy atom. The second kappa shape index (κ2) is 20.0. The highest BCUT2D eigenvalue weighted by molar-refractivity contribution is 7.80. The van der Waals surface area contributed by atoms with E-state index in [1.54, 1.807) is 12.4 Å². The van der Waals surface area contributed by atoms with E-state index in [1.165, 1.54) is 6.33 Å². The van der Waals surface area contributed by atoms with E-state index in [2.05, 4.69) is 53.8 Å². The molecule has 5 atom stereocenters. The molecule has 5 rings (SSSR count). The Hall–Kier alpha value is -6.40. The third kappa shape index (κ3) is 11.8. The summed E-state index contributed by atoms with van der Waals surface area (Å²) in [5.74, 6) is -4.46. The lowest BCUT2D eigenvalue weighted by Gasteiger charge is -2.26. The number of guanidine groups is 1. The molecule has 0 spiro atoms. The van der Waals surface area contributed by atoms with Gasteiger partial charge in [-0.05, 0) is 40.8 Å². The van der Waals surface area contributed by atoms with Crippen molar-refractivity contribution in [1.82, 2.24) is 36.2 Å². The highest BCUT2D eigenvalue weighted by Crippen LogP contribution is 2.20. The third-order valence-electron chi connectivity index (χ3n) is 9.33. The van der Waals surface area contributed by atoms with Crippen molar-refractivity contribution in [3.63, 3.8) is 0 Å². The summed E-state index contributed by atoms with van der Waals surface area (Å²) in [5.41, 5.74) is 20.1. The van der Waals surface area contributed by atoms with E-state index in [4.69, 9.17) is 17.2 Å². The normalized spacial score (nSPS) is 13.8. The lowest BCUT2D eigenvalue weighted by atomic mass is 9.99. The van der Waals surface area contributed by atoms with Crippen LogP contribution in [0.1, 0.15) is 29.7 Å². The number of nitrogens with zero attached hydrogens (tertiary/aromatic N) is 2. The molecular weight excluding hydrogens is 751 g/mol. The van der Waals surface area contributed by atoms with Crippen molar-refractivity contribution in [2.24, 2.45) is 22.2 Å². The first-order chi connectivity index (χ1) is 27.4. The van der Waals surface area contributed by atoms with Crippen LogP contribution < -0.4 is 38.5 Å². The summed E-state index contributed by atoms with van der Waals surface area (Å²) < 4.78 is 0. The first kappa shape index (κ1) is 41.8. The Bertz CT molecular complexity index is 2200. The number of hydrogen-bond donors (Lipinski definition) is 11. The maximum Gasteiger partial charge on any atom is 0.327 e. The standard InChI is InChI=1S/C39H47N11O6S/c40-28(17-26-19-43-21-46-26)34(51)48-31(15-22-11-12-23-6-1-2-7-24(23)14-22)36(53)47-30(10-5-13-44-39(41)42)35(52)49-32(37(54)50-33(20-57)38(55)56)16-25-18-45-29-9-4-3-8-27(25)29/h1-4,6-9,11-12,14,18-19,21,28,30-33,45,57H,5,10,13,15-17,20,40H2,(H,43,46)(H,47,53)(H,48,51)(H,49,52)(H,50,54)(H,55,56)(H4,41,42,44)/t28-,30-,31+,32-,33-/m0/s1. The number of aliphatic imine (C=N–C) groups is 1. The quantitative estimate of drug-likeness (QED) is 0.0223. The fourth-order valence-corrected chi connectivity index (χ4v) is 6.57. The Labute approximate surface area is 333 Å². The molecule has 300 valence electrons. The van der Waals surface area contributed by atoms with Crippen LogP contribution in [-0.4, -0.2) is 98.1 Å². The minimum atomic E-state index is -1.34. The number of H-pyrrole nitrogens is 2. The van der Waals surface area contributed by atoms with Gasteiger partial charge in [-0.25, -0.2) is 9.78 Å². The number of carbonyl (C=O) groups excluding carboxylic acids is 4. The van der Waals surface area contributed by atoms with Gasteiger partial charge in [0.05, 0.1) is 12.4 Å². The monoisotopic (exact) mass is 797 g/mol. The zero-order valence-corrected chi connectivity index (χ0v) is 31.9. The summed E-state index contributed by atoms with van der Waals surface area (Å²) in [5, 5.41) is 23.1. The van der Waals surface area contributed by atoms with Gasteiger partial charge in [-0.15, -0.1) is 0 Å². The number of hydrogen-bond acceptors (Lipinski definition) is 9. The molecule has 13 N–H and O–H groups in total. The zero-order valence-electron chi connectivity index (χ0n) is 31.0. The average Bonchev–Trinajstić information content (AvgIpc) is 3.87. The molecule has 17 nitrogen and oxygen atoms in total. The summed E-state index contributed by atoms with van der Waals surface area (Å²) in [6.45, 7) is 0.128. The second-order valence-corrected chi connectivity index (χ2v) is 13.9. The number of nitrogens with one attached hydrogen (secondary N) is 6. The predicted octanol–water partition coefficient (Wildman–Crippen LogP) is 0.407. The Morgan fingerprint density at radius 2 is 1.42 bits per heavy atom. The molecule has 5 aromatic rings. The van der Waals surface area contributed by atoms with Crippen molar-refractivity contribution >= 4 is 69.9 Å². The van der Waals surface area contributed by atoms with Gasteiger partial charge in [0, 0.05) is 60.6 Å². The average molecular weight is 798 g/mol. The van der Waals surface area contributed by atoms with Crippen LogP contribution in [-0.2, 0) is 43.2 Å². The van der Waals surface area contributed by atoms with Crippen molar-refractivity contribution in [2.45, 2.75) is 62.3 Å². The van der Waals surface area contributed by atoms with E-state index in [9.17, 15) is 29.1 Å². The molecule has 0 fully saturated rings. The number of carboxylic acids is 1. The minimum Gasteiger partial charge on any atom is -0.480 e. The van der Waals surface area contributed by atoms with Crippen molar-refractivity contribution < 1.29 is 29.1 Å². The molecule has 18 heteroatoms. The van der Waals surface area contributed by atoms with Crippen LogP contribution in [0.3, 0.4) is 0 Å². The molecule has 0 saturated carbocycles. The van der Waals surface area contributed by atoms with Crippen molar-refractivity contribution in [3.05, 3.63) is 102 Å². The first-order valence-corrected chi connectivity index (χ1v) is 18.9. The Balaban J connectivity index is 1.41. The lowest BCUT2D eigenvalue weighted by molar-refractivity contribution is -0.141. The number of carbonyl (C=O) groups is 5. The molecule has 0 aliphatic carbocycles. The number of aromatic nitrogens is 3. The van der Waals surface area contributed by atoms with Gasteiger partial charge in [0.25, 0.3) is 0 Å². The molecule has 2 heterocycles. The molecule has 0 aliphatic rings. The zero-order chi connectivity index (χ0) is 40.9. The number of amides is 4. The summed E-state index contributed by atoms with van der Waals surface area (Å²) in [7, 11) is 0. The third-order valence-corrected chi connectivity index (χ3v) is 9.69. The molecule has 4 amide bonds. The number of nitrogens with two attached hydrogens (primary N) is 3. The molecule has 57 heavy (non-hydrogen) atoms. The Morgan fingerprint density at radius 3 is 2.12 bits per heavy atom. The van der Waals surface area contributed by atoms with Crippen LogP contribution in [0, 0.1) is 0 Å². The van der Waals surface area contributed by atoms with Crippen LogP contribution in [0.5, 0.6) is 0 Å². The van der Waals surface area contributed by atoms with Gasteiger partial charge in [0.2, 0.25) is 23.6 Å². The molecule has 0 saturated heterocycles. The van der Waals surface area contributed by atoms with E-state index in [1.807, 2.05) is 66.7 Å². The number of aromatic amines is 2. The molecule has 0 aliphatic heterocycles. The summed E-state index contributed by atoms with van der Waals surface area (Å²) in [6.07, 6.45) is 5.14. The van der Waals surface area contributed by atoms with E-state index < -0.39 is 59.8 Å². The Kier molecular flexibility index (Phi) is 14.6. The van der Waals surface area contributed by atoms with Gasteiger partial charge < -0.3 is 53.5 Å². The van der Waals surface area contributed by atoms with Crippen molar-refractivity contribution in [2.75, 3.05) is 12.3 Å². The molecular formula is C39H47N11O6S. The highest BCUT2D eigenvalue weighted by atomic mass is 32.1. The minimum absolute atomic E-state index is 0.0238. The largest absolute Gasteiger partial charge is 0.480 e. The molecule has 3 aromatic carbocycles. The molecule has 0 bridgehead atoms. The number of thiol groups is 1. The van der Waals surface area contributed by atoms with Gasteiger partial charge in [-0.2, -0.15) is 12.6 Å². The van der Waals surface area contributed by atoms with Gasteiger partial charge >= 0.3 is 5.97 Å². The lowest BCUT2D eigenvalue weighted by Crippen LogP contribution is -2.59. The van der Waals surface area contributed by atoms with Gasteiger partial charge in [-0.3, -0.25) is 24.2 Å². The van der Waals surface area contributed by atoms with Gasteiger partial charge in [0.15, 0.2) is 5.96 Å². The number of rotatable bonds is 20. The number of carboxylic acid groups (broad SMARTS) is 1. The van der Waals surface area contributed by atoms with Crippen LogP contribution >= 0.6 is 12.6 Å². The van der Waals surface area contributed by atoms with E-state index in [0.717, 1.165) is 27.2 Å². The van der Waals surface area contributed by atoms with Crippen molar-refractivity contribution in [3.8, 4) is 0 Å². The first-order valence-electron chi connectivity index (χ1n) is 18.3. The molecule has 0 unspecified atom stereocenters. The number of fused-ring (bicyclic) bond motifs is 2. The summed E-state index contributed by atoms with van der Waals surface area (Å²) >= 11 is 4.06. The topological polar surface area (TPSA) is 289 Å². The van der Waals surface area contributed by atoms with Gasteiger partial charge in [-0.1, -0.05) is 60.7 Å². The van der Waals surface area contributed by atoms with E-state index >= 15 is 0 Å². The van der Waals surface area contributed by atoms with Crippen LogP contribution in [0.4, 0.5) is 0 Å². The van der Waals surface area contributed by atoms with Gasteiger partial charge in [0.1, 0.15) is 24.2 Å². The maximum atomic E-state index is 14.2. The SMILES string of the molecule is NC(N)=NCCC[C@H](NC(=O)[C@@H](Cc1ccc2ccccc2c1)NC(=O)[C@@H](N)Cc1cnc[nH]1)C(=O)N[C@@H](Cc1c[nH]c2ccccc12)C(=O)N[C@@H](CS)C(=O)O. The highest BCUT2D eigenvalue weighted by Gasteiger charge is 2.32. The smallest absolute Gasteiger partial charge is 0.327 e. The van der Waals surface area contributed by atoms with Crippen molar-refractivity contribution in [1.29, 1.82) is 0 Å². The summed E-state index contributed by atoms with van der Waals surface area (Å²) in [6, 6.07) is 14.7. The fraction of sp³-hybridized carbons (Fsp3) is 0.308. The predicted molar refractivity (Wildman–Crippen MR) is 219 cm³/mol. The maximum absolute atomic E-state index is 14.2. The number of imidazole rings is 1. The molecule has 0 radical (unpaired) electrons. The second-order valence-electron chi connectivity index (χ2n) is 13.6. The van der Waals surface area contributed by atoms with Crippen LogP contribution in [0.25, 0.3) is 21.7 Å². The fourth-order valence-electron chi connectivity index (χ4n) is 6.32.